The Labute approximate surface area is 110 Å². The normalized spacial score (nSPS) is 16.5. The summed E-state index contributed by atoms with van der Waals surface area (Å²) in [6.07, 6.45) is 1.66. The minimum atomic E-state index is -0.265. The molecule has 5 heteroatoms. The lowest BCUT2D eigenvalue weighted by Gasteiger charge is -2.37. The van der Waals surface area contributed by atoms with Crippen LogP contribution in [0.2, 0.25) is 0 Å². The molecule has 100 valence electrons. The molecule has 19 heavy (non-hydrogen) atoms. The van der Waals surface area contributed by atoms with Crippen molar-refractivity contribution in [3.63, 3.8) is 0 Å². The highest BCUT2D eigenvalue weighted by Crippen LogP contribution is 2.23. The Morgan fingerprint density at radius 2 is 2.05 bits per heavy atom. The zero-order chi connectivity index (χ0) is 13.2. The van der Waals surface area contributed by atoms with Gasteiger partial charge in [-0.1, -0.05) is 0 Å². The highest BCUT2D eigenvalue weighted by Gasteiger charge is 2.26. The lowest BCUT2D eigenvalue weighted by molar-refractivity contribution is 0.0418. The second-order valence-corrected chi connectivity index (χ2v) is 4.87. The fraction of sp³-hybridized carbons (Fsp3) is 0.357. The fourth-order valence-corrected chi connectivity index (χ4v) is 2.24. The van der Waals surface area contributed by atoms with Crippen LogP contribution in [0.5, 0.6) is 0 Å². The molecule has 0 amide bonds. The molecule has 0 unspecified atom stereocenters. The third kappa shape index (κ3) is 2.67. The predicted molar refractivity (Wildman–Crippen MR) is 67.7 cm³/mol. The van der Waals surface area contributed by atoms with Crippen molar-refractivity contribution in [1.29, 1.82) is 0 Å². The first-order chi connectivity index (χ1) is 9.24. The van der Waals surface area contributed by atoms with Crippen molar-refractivity contribution in [2.45, 2.75) is 6.54 Å². The molecule has 1 aromatic heterocycles. The Bertz CT molecular complexity index is 547. The maximum absolute atomic E-state index is 12.8. The third-order valence-corrected chi connectivity index (χ3v) is 3.33. The van der Waals surface area contributed by atoms with Crippen LogP contribution in [0.15, 0.2) is 34.9 Å². The van der Waals surface area contributed by atoms with Crippen LogP contribution < -0.4 is 0 Å². The van der Waals surface area contributed by atoms with Crippen LogP contribution in [0.1, 0.15) is 5.89 Å². The molecule has 2 heterocycles. The van der Waals surface area contributed by atoms with Crippen molar-refractivity contribution in [1.82, 2.24) is 9.88 Å². The van der Waals surface area contributed by atoms with Crippen molar-refractivity contribution in [3.8, 4) is 11.3 Å². The van der Waals surface area contributed by atoms with Gasteiger partial charge in [-0.05, 0) is 24.3 Å². The SMILES string of the molecule is OCC1CN(Cc2ncc(-c3ccc(F)cc3)o2)C1. The number of rotatable bonds is 4. The number of hydrogen-bond donors (Lipinski definition) is 1. The average Bonchev–Trinajstić information content (AvgIpc) is 2.82. The minimum absolute atomic E-state index is 0.239. The van der Waals surface area contributed by atoms with Crippen molar-refractivity contribution < 1.29 is 13.9 Å². The number of benzene rings is 1. The second kappa shape index (κ2) is 5.11. The van der Waals surface area contributed by atoms with Gasteiger partial charge in [0.25, 0.3) is 0 Å². The Hall–Kier alpha value is -1.72. The molecule has 1 saturated heterocycles. The van der Waals surface area contributed by atoms with E-state index in [1.165, 1.54) is 12.1 Å². The van der Waals surface area contributed by atoms with E-state index in [-0.39, 0.29) is 12.4 Å². The topological polar surface area (TPSA) is 49.5 Å². The van der Waals surface area contributed by atoms with Gasteiger partial charge in [-0.3, -0.25) is 4.90 Å². The maximum Gasteiger partial charge on any atom is 0.209 e. The van der Waals surface area contributed by atoms with Crippen LogP contribution in [0.4, 0.5) is 4.39 Å². The van der Waals surface area contributed by atoms with Gasteiger partial charge < -0.3 is 9.52 Å². The number of aliphatic hydroxyl groups is 1. The number of aromatic nitrogens is 1. The number of nitrogens with zero attached hydrogens (tertiary/aromatic N) is 2. The lowest BCUT2D eigenvalue weighted by atomic mass is 10.0. The van der Waals surface area contributed by atoms with E-state index in [0.29, 0.717) is 24.1 Å². The quantitative estimate of drug-likeness (QED) is 0.914. The highest BCUT2D eigenvalue weighted by molar-refractivity contribution is 5.55. The lowest BCUT2D eigenvalue weighted by Crippen LogP contribution is -2.47. The van der Waals surface area contributed by atoms with Gasteiger partial charge in [-0.15, -0.1) is 0 Å². The van der Waals surface area contributed by atoms with Gasteiger partial charge in [0.05, 0.1) is 12.7 Å². The molecule has 1 N–H and O–H groups in total. The molecular formula is C14H15FN2O2. The van der Waals surface area contributed by atoms with Gasteiger partial charge in [0.15, 0.2) is 5.76 Å². The second-order valence-electron chi connectivity index (χ2n) is 4.87. The standard InChI is InChI=1S/C14H15FN2O2/c15-12-3-1-11(2-4-12)13-5-16-14(19-13)8-17-6-10(7-17)9-18/h1-5,10,18H,6-9H2. The smallest absolute Gasteiger partial charge is 0.209 e. The van der Waals surface area contributed by atoms with Crippen LogP contribution in [0.3, 0.4) is 0 Å². The molecular weight excluding hydrogens is 247 g/mol. The molecule has 0 atom stereocenters. The summed E-state index contributed by atoms with van der Waals surface area (Å²) in [5.41, 5.74) is 0.817. The van der Waals surface area contributed by atoms with Gasteiger partial charge in [-0.2, -0.15) is 0 Å². The Morgan fingerprint density at radius 1 is 1.32 bits per heavy atom. The Kier molecular flexibility index (Phi) is 3.31. The molecule has 0 aliphatic carbocycles. The van der Waals surface area contributed by atoms with Crippen LogP contribution in [-0.2, 0) is 6.54 Å². The molecule has 1 fully saturated rings. The van der Waals surface area contributed by atoms with Gasteiger partial charge >= 0.3 is 0 Å². The van der Waals surface area contributed by atoms with E-state index in [2.05, 4.69) is 9.88 Å². The first-order valence-electron chi connectivity index (χ1n) is 6.28. The number of hydrogen-bond acceptors (Lipinski definition) is 4. The van der Waals surface area contributed by atoms with Crippen LogP contribution >= 0.6 is 0 Å². The summed E-state index contributed by atoms with van der Waals surface area (Å²) in [7, 11) is 0. The summed E-state index contributed by atoms with van der Waals surface area (Å²) in [5, 5.41) is 8.95. The third-order valence-electron chi connectivity index (χ3n) is 3.33. The van der Waals surface area contributed by atoms with Gasteiger partial charge in [0.1, 0.15) is 5.82 Å². The van der Waals surface area contributed by atoms with Gasteiger partial charge in [0.2, 0.25) is 5.89 Å². The van der Waals surface area contributed by atoms with Crippen molar-refractivity contribution in [3.05, 3.63) is 42.2 Å². The van der Waals surface area contributed by atoms with Crippen molar-refractivity contribution in [2.75, 3.05) is 19.7 Å². The fourth-order valence-electron chi connectivity index (χ4n) is 2.24. The van der Waals surface area contributed by atoms with E-state index < -0.39 is 0 Å². The molecule has 0 saturated carbocycles. The number of oxazole rings is 1. The van der Waals surface area contributed by atoms with Crippen molar-refractivity contribution in [2.24, 2.45) is 5.92 Å². The largest absolute Gasteiger partial charge is 0.439 e. The molecule has 1 aliphatic rings. The van der Waals surface area contributed by atoms with Crippen LogP contribution in [0.25, 0.3) is 11.3 Å². The van der Waals surface area contributed by atoms with Crippen LogP contribution in [0, 0.1) is 11.7 Å². The molecule has 0 radical (unpaired) electrons. The van der Waals surface area contributed by atoms with E-state index in [9.17, 15) is 4.39 Å². The summed E-state index contributed by atoms with van der Waals surface area (Å²) < 4.78 is 18.5. The Morgan fingerprint density at radius 3 is 2.74 bits per heavy atom. The monoisotopic (exact) mass is 262 g/mol. The summed E-state index contributed by atoms with van der Waals surface area (Å²) >= 11 is 0. The molecule has 4 nitrogen and oxygen atoms in total. The number of likely N-dealkylation sites (tertiary alicyclic amines) is 1. The van der Waals surface area contributed by atoms with Crippen LogP contribution in [-0.4, -0.2) is 34.7 Å². The zero-order valence-corrected chi connectivity index (χ0v) is 10.4. The van der Waals surface area contributed by atoms with Gasteiger partial charge in [0, 0.05) is 31.2 Å². The predicted octanol–water partition coefficient (Wildman–Crippen LogP) is 1.90. The minimum Gasteiger partial charge on any atom is -0.439 e. The van der Waals surface area contributed by atoms with Crippen molar-refractivity contribution >= 4 is 0 Å². The first-order valence-corrected chi connectivity index (χ1v) is 6.28. The molecule has 1 aromatic carbocycles. The molecule has 0 bridgehead atoms. The average molecular weight is 262 g/mol. The highest BCUT2D eigenvalue weighted by atomic mass is 19.1. The number of halogens is 1. The molecule has 2 aromatic rings. The van der Waals surface area contributed by atoms with E-state index in [1.54, 1.807) is 18.3 Å². The Balaban J connectivity index is 1.65. The zero-order valence-electron chi connectivity index (χ0n) is 10.4. The summed E-state index contributed by atoms with van der Waals surface area (Å²) in [4.78, 5) is 6.39. The molecule has 0 spiro atoms. The summed E-state index contributed by atoms with van der Waals surface area (Å²) in [5.74, 6) is 1.41. The van der Waals surface area contributed by atoms with E-state index >= 15 is 0 Å². The first kappa shape index (κ1) is 12.3. The summed E-state index contributed by atoms with van der Waals surface area (Å²) in [6, 6.07) is 6.15. The number of aliphatic hydroxyl groups excluding tert-OH is 1. The van der Waals surface area contributed by atoms with E-state index in [0.717, 1.165) is 18.7 Å². The van der Waals surface area contributed by atoms with E-state index in [4.69, 9.17) is 9.52 Å². The molecule has 3 rings (SSSR count). The molecule has 1 aliphatic heterocycles. The maximum atomic E-state index is 12.8. The summed E-state index contributed by atoms with van der Waals surface area (Å²) in [6.45, 7) is 2.65. The van der Waals surface area contributed by atoms with Gasteiger partial charge in [-0.25, -0.2) is 9.37 Å². The van der Waals surface area contributed by atoms with E-state index in [1.807, 2.05) is 0 Å².